The molecular formula is C15H25N3O2S. The maximum absolute atomic E-state index is 12.9. The fourth-order valence-electron chi connectivity index (χ4n) is 3.57. The monoisotopic (exact) mass is 311 g/mol. The molecule has 0 atom stereocenters. The van der Waals surface area contributed by atoms with Crippen LogP contribution in [0.5, 0.6) is 0 Å². The lowest BCUT2D eigenvalue weighted by molar-refractivity contribution is -0.142. The Bertz CT molecular complexity index is 425. The van der Waals surface area contributed by atoms with E-state index in [0.29, 0.717) is 18.1 Å². The average Bonchev–Trinajstić information content (AvgIpc) is 2.54. The Morgan fingerprint density at radius 2 is 1.76 bits per heavy atom. The molecule has 0 radical (unpaired) electrons. The van der Waals surface area contributed by atoms with Crippen molar-refractivity contribution in [2.45, 2.75) is 44.9 Å². The standard InChI is InChI=1S/C15H25N3O2S/c1-17-12(19)11-5-9-18(10-6-11)14(20)15(13(16)21)7-3-2-4-8-15/h11H,2-10H2,1H3,(H2,16,21)(H,17,19). The van der Waals surface area contributed by atoms with Crippen molar-refractivity contribution in [2.24, 2.45) is 17.1 Å². The average molecular weight is 311 g/mol. The number of hydrogen-bond donors (Lipinski definition) is 2. The summed E-state index contributed by atoms with van der Waals surface area (Å²) in [4.78, 5) is 26.8. The third-order valence-corrected chi connectivity index (χ3v) is 5.38. The highest BCUT2D eigenvalue weighted by Gasteiger charge is 2.45. The van der Waals surface area contributed by atoms with Crippen molar-refractivity contribution in [2.75, 3.05) is 20.1 Å². The van der Waals surface area contributed by atoms with Gasteiger partial charge in [0, 0.05) is 26.1 Å². The van der Waals surface area contributed by atoms with E-state index in [9.17, 15) is 9.59 Å². The third-order valence-electron chi connectivity index (χ3n) is 4.99. The molecule has 6 heteroatoms. The Kier molecular flexibility index (Phi) is 5.19. The van der Waals surface area contributed by atoms with E-state index < -0.39 is 5.41 Å². The summed E-state index contributed by atoms with van der Waals surface area (Å²) < 4.78 is 0. The number of nitrogens with zero attached hydrogens (tertiary/aromatic N) is 1. The van der Waals surface area contributed by atoms with E-state index in [1.165, 1.54) is 0 Å². The molecule has 1 aliphatic heterocycles. The number of likely N-dealkylation sites (tertiary alicyclic amines) is 1. The molecule has 1 heterocycles. The van der Waals surface area contributed by atoms with Gasteiger partial charge in [-0.3, -0.25) is 9.59 Å². The molecule has 1 saturated carbocycles. The van der Waals surface area contributed by atoms with Gasteiger partial charge >= 0.3 is 0 Å². The van der Waals surface area contributed by atoms with Crippen molar-refractivity contribution in [3.63, 3.8) is 0 Å². The second-order valence-corrected chi connectivity index (χ2v) is 6.63. The number of thiocarbonyl (C=S) groups is 1. The van der Waals surface area contributed by atoms with Crippen molar-refractivity contribution < 1.29 is 9.59 Å². The van der Waals surface area contributed by atoms with Crippen LogP contribution in [0, 0.1) is 11.3 Å². The Morgan fingerprint density at radius 3 is 2.24 bits per heavy atom. The molecule has 1 aliphatic carbocycles. The molecule has 0 spiro atoms. The van der Waals surface area contributed by atoms with Gasteiger partial charge < -0.3 is 16.0 Å². The van der Waals surface area contributed by atoms with Crippen LogP contribution >= 0.6 is 12.2 Å². The molecule has 5 nitrogen and oxygen atoms in total. The molecule has 21 heavy (non-hydrogen) atoms. The summed E-state index contributed by atoms with van der Waals surface area (Å²) in [5.41, 5.74) is 5.30. The number of amides is 2. The van der Waals surface area contributed by atoms with Crippen LogP contribution in [0.25, 0.3) is 0 Å². The Labute approximate surface area is 131 Å². The van der Waals surface area contributed by atoms with Crippen LogP contribution in [0.3, 0.4) is 0 Å². The number of nitrogens with one attached hydrogen (secondary N) is 1. The molecule has 2 rings (SSSR count). The number of nitrogens with two attached hydrogens (primary N) is 1. The lowest BCUT2D eigenvalue weighted by Crippen LogP contribution is -2.54. The number of piperidine rings is 1. The lowest BCUT2D eigenvalue weighted by atomic mass is 9.72. The van der Waals surface area contributed by atoms with Crippen molar-refractivity contribution in [3.05, 3.63) is 0 Å². The van der Waals surface area contributed by atoms with Crippen LogP contribution in [0.2, 0.25) is 0 Å². The van der Waals surface area contributed by atoms with E-state index in [-0.39, 0.29) is 17.7 Å². The van der Waals surface area contributed by atoms with Gasteiger partial charge in [0.15, 0.2) is 0 Å². The normalized spacial score (nSPS) is 22.6. The van der Waals surface area contributed by atoms with E-state index in [0.717, 1.165) is 44.9 Å². The fraction of sp³-hybridized carbons (Fsp3) is 0.800. The quantitative estimate of drug-likeness (QED) is 0.768. The lowest BCUT2D eigenvalue weighted by Gasteiger charge is -2.41. The van der Waals surface area contributed by atoms with Gasteiger partial charge in [-0.05, 0) is 25.7 Å². The van der Waals surface area contributed by atoms with Crippen LogP contribution in [0.1, 0.15) is 44.9 Å². The first-order valence-electron chi connectivity index (χ1n) is 7.82. The zero-order valence-corrected chi connectivity index (χ0v) is 13.5. The van der Waals surface area contributed by atoms with Gasteiger partial charge in [-0.25, -0.2) is 0 Å². The van der Waals surface area contributed by atoms with Gasteiger partial charge in [0.25, 0.3) is 0 Å². The van der Waals surface area contributed by atoms with E-state index in [1.54, 1.807) is 7.05 Å². The summed E-state index contributed by atoms with van der Waals surface area (Å²) in [6.07, 6.45) is 6.16. The number of rotatable bonds is 3. The minimum Gasteiger partial charge on any atom is -0.392 e. The minimum atomic E-state index is -0.632. The van der Waals surface area contributed by atoms with E-state index in [1.807, 2.05) is 4.90 Å². The van der Waals surface area contributed by atoms with E-state index in [4.69, 9.17) is 18.0 Å². The molecule has 0 unspecified atom stereocenters. The first kappa shape index (κ1) is 16.2. The van der Waals surface area contributed by atoms with Gasteiger partial charge in [0.2, 0.25) is 11.8 Å². The van der Waals surface area contributed by atoms with Crippen LogP contribution in [0.4, 0.5) is 0 Å². The Morgan fingerprint density at radius 1 is 1.19 bits per heavy atom. The molecule has 2 amide bonds. The number of carbonyl (C=O) groups excluding carboxylic acids is 2. The molecule has 0 aromatic carbocycles. The van der Waals surface area contributed by atoms with Crippen molar-refractivity contribution in [1.82, 2.24) is 10.2 Å². The molecule has 2 aliphatic rings. The largest absolute Gasteiger partial charge is 0.392 e. The Hall–Kier alpha value is -1.17. The van der Waals surface area contributed by atoms with Crippen LogP contribution in [0.15, 0.2) is 0 Å². The fourth-order valence-corrected chi connectivity index (χ4v) is 3.86. The number of carbonyl (C=O) groups is 2. The molecule has 0 aromatic rings. The summed E-state index contributed by atoms with van der Waals surface area (Å²) in [5.74, 6) is 0.181. The SMILES string of the molecule is CNC(=O)C1CCN(C(=O)C2(C(N)=S)CCCCC2)CC1. The minimum absolute atomic E-state index is 0.0196. The molecule has 1 saturated heterocycles. The van der Waals surface area contributed by atoms with Gasteiger partial charge in [0.05, 0.1) is 10.4 Å². The molecule has 0 aromatic heterocycles. The summed E-state index contributed by atoms with van der Waals surface area (Å²) >= 11 is 5.22. The highest BCUT2D eigenvalue weighted by Crippen LogP contribution is 2.39. The molecule has 0 bridgehead atoms. The van der Waals surface area contributed by atoms with Crippen LogP contribution < -0.4 is 11.1 Å². The van der Waals surface area contributed by atoms with Crippen LogP contribution in [-0.2, 0) is 9.59 Å². The van der Waals surface area contributed by atoms with Crippen molar-refractivity contribution in [1.29, 1.82) is 0 Å². The smallest absolute Gasteiger partial charge is 0.235 e. The van der Waals surface area contributed by atoms with Gasteiger partial charge in [-0.2, -0.15) is 0 Å². The second kappa shape index (κ2) is 6.73. The first-order valence-corrected chi connectivity index (χ1v) is 8.23. The maximum Gasteiger partial charge on any atom is 0.235 e. The predicted molar refractivity (Wildman–Crippen MR) is 85.7 cm³/mol. The Balaban J connectivity index is 2.03. The highest BCUT2D eigenvalue weighted by atomic mass is 32.1. The summed E-state index contributed by atoms with van der Waals surface area (Å²) in [5, 5.41) is 2.68. The van der Waals surface area contributed by atoms with Gasteiger partial charge in [-0.1, -0.05) is 31.5 Å². The van der Waals surface area contributed by atoms with Crippen molar-refractivity contribution >= 4 is 29.0 Å². The van der Waals surface area contributed by atoms with E-state index in [2.05, 4.69) is 5.32 Å². The summed E-state index contributed by atoms with van der Waals surface area (Å²) in [7, 11) is 1.66. The maximum atomic E-state index is 12.9. The van der Waals surface area contributed by atoms with Crippen molar-refractivity contribution in [3.8, 4) is 0 Å². The second-order valence-electron chi connectivity index (χ2n) is 6.19. The molecule has 3 N–H and O–H groups in total. The predicted octanol–water partition coefficient (Wildman–Crippen LogP) is 1.21. The molecular weight excluding hydrogens is 286 g/mol. The molecule has 2 fully saturated rings. The number of hydrogen-bond acceptors (Lipinski definition) is 3. The summed E-state index contributed by atoms with van der Waals surface area (Å²) in [6.45, 7) is 1.25. The topological polar surface area (TPSA) is 75.4 Å². The van der Waals surface area contributed by atoms with E-state index >= 15 is 0 Å². The summed E-state index contributed by atoms with van der Waals surface area (Å²) in [6, 6.07) is 0. The van der Waals surface area contributed by atoms with Gasteiger partial charge in [-0.15, -0.1) is 0 Å². The zero-order valence-electron chi connectivity index (χ0n) is 12.7. The molecule has 118 valence electrons. The van der Waals surface area contributed by atoms with Gasteiger partial charge in [0.1, 0.15) is 0 Å². The zero-order chi connectivity index (χ0) is 15.5. The highest BCUT2D eigenvalue weighted by molar-refractivity contribution is 7.80. The first-order chi connectivity index (χ1) is 10.0. The third kappa shape index (κ3) is 3.20. The van der Waals surface area contributed by atoms with Crippen LogP contribution in [-0.4, -0.2) is 41.8 Å².